The number of carbonyl (C=O) groups excluding carboxylic acids is 2. The van der Waals surface area contributed by atoms with Crippen molar-refractivity contribution in [2.75, 3.05) is 17.9 Å². The third-order valence-electron chi connectivity index (χ3n) is 4.62. The first-order valence-corrected chi connectivity index (χ1v) is 10.8. The number of carbonyl (C=O) groups is 2. The summed E-state index contributed by atoms with van der Waals surface area (Å²) in [7, 11) is 0. The molecule has 1 aromatic heterocycles. The summed E-state index contributed by atoms with van der Waals surface area (Å²) in [4.78, 5) is 24.6. The molecule has 0 atom stereocenters. The van der Waals surface area contributed by atoms with Crippen molar-refractivity contribution in [3.63, 3.8) is 0 Å². The summed E-state index contributed by atoms with van der Waals surface area (Å²) >= 11 is 1.23. The monoisotopic (exact) mass is 457 g/mol. The van der Waals surface area contributed by atoms with Crippen LogP contribution >= 0.6 is 11.8 Å². The maximum Gasteiger partial charge on any atom is 0.254 e. The fraction of sp³-hybridized carbons (Fsp3) is 0.238. The Morgan fingerprint density at radius 2 is 1.97 bits per heavy atom. The third-order valence-corrected chi connectivity index (χ3v) is 5.59. The van der Waals surface area contributed by atoms with Crippen LogP contribution in [0.5, 0.6) is 11.5 Å². The van der Waals surface area contributed by atoms with Gasteiger partial charge >= 0.3 is 0 Å². The van der Waals surface area contributed by atoms with Crippen molar-refractivity contribution in [2.24, 2.45) is 0 Å². The van der Waals surface area contributed by atoms with Crippen LogP contribution in [0.1, 0.15) is 23.1 Å². The molecule has 2 aromatic carbocycles. The molecule has 0 aliphatic carbocycles. The number of nitrogens with one attached hydrogen (secondary N) is 2. The van der Waals surface area contributed by atoms with Crippen LogP contribution in [0.2, 0.25) is 0 Å². The Morgan fingerprint density at radius 3 is 2.78 bits per heavy atom. The molecule has 3 aromatic rings. The van der Waals surface area contributed by atoms with Gasteiger partial charge in [-0.3, -0.25) is 9.59 Å². The zero-order chi connectivity index (χ0) is 22.5. The molecule has 0 saturated heterocycles. The summed E-state index contributed by atoms with van der Waals surface area (Å²) in [6, 6.07) is 10.9. The summed E-state index contributed by atoms with van der Waals surface area (Å²) in [5.41, 5.74) is 0.568. The van der Waals surface area contributed by atoms with E-state index in [1.165, 1.54) is 30.0 Å². The summed E-state index contributed by atoms with van der Waals surface area (Å²) in [6.45, 7) is 2.70. The summed E-state index contributed by atoms with van der Waals surface area (Å²) in [5, 5.41) is 14.2. The molecule has 2 amide bonds. The molecule has 32 heavy (non-hydrogen) atoms. The van der Waals surface area contributed by atoms with Gasteiger partial charge in [-0.15, -0.1) is 10.2 Å². The molecule has 2 heterocycles. The molecular weight excluding hydrogens is 437 g/mol. The van der Waals surface area contributed by atoms with Crippen LogP contribution in [0.4, 0.5) is 10.1 Å². The number of halogens is 1. The van der Waals surface area contributed by atoms with E-state index < -0.39 is 11.7 Å². The number of rotatable bonds is 8. The van der Waals surface area contributed by atoms with E-state index in [9.17, 15) is 14.0 Å². The first kappa shape index (κ1) is 21.6. The van der Waals surface area contributed by atoms with Crippen LogP contribution in [0.3, 0.4) is 0 Å². The van der Waals surface area contributed by atoms with E-state index in [1.54, 1.807) is 28.8 Å². The lowest BCUT2D eigenvalue weighted by molar-refractivity contribution is -0.113. The second-order valence-corrected chi connectivity index (χ2v) is 7.65. The molecule has 9 nitrogen and oxygen atoms in total. The highest BCUT2D eigenvalue weighted by molar-refractivity contribution is 7.99. The molecular formula is C21H20FN5O4S. The van der Waals surface area contributed by atoms with Crippen LogP contribution in [0.25, 0.3) is 0 Å². The number of benzene rings is 2. The van der Waals surface area contributed by atoms with Gasteiger partial charge in [-0.05, 0) is 31.2 Å². The second-order valence-electron chi connectivity index (χ2n) is 6.71. The molecule has 1 aliphatic rings. The van der Waals surface area contributed by atoms with Gasteiger partial charge in [0.2, 0.25) is 12.7 Å². The minimum Gasteiger partial charge on any atom is -0.454 e. The average Bonchev–Trinajstić information content (AvgIpc) is 3.42. The number of anilines is 1. The van der Waals surface area contributed by atoms with Crippen LogP contribution in [-0.4, -0.2) is 39.1 Å². The SMILES string of the molecule is CCn1c(CNC(=O)c2ccccc2F)nnc1SCC(=O)Nc1ccc2c(c1)OCO2. The Hall–Kier alpha value is -3.60. The van der Waals surface area contributed by atoms with E-state index in [4.69, 9.17) is 9.47 Å². The van der Waals surface area contributed by atoms with E-state index in [0.717, 1.165) is 0 Å². The molecule has 0 saturated carbocycles. The van der Waals surface area contributed by atoms with E-state index in [-0.39, 0.29) is 30.6 Å². The maximum atomic E-state index is 13.8. The Bertz CT molecular complexity index is 1150. The topological polar surface area (TPSA) is 107 Å². The van der Waals surface area contributed by atoms with E-state index in [0.29, 0.717) is 34.7 Å². The molecule has 2 N–H and O–H groups in total. The van der Waals surface area contributed by atoms with Crippen molar-refractivity contribution >= 4 is 29.3 Å². The second kappa shape index (κ2) is 9.69. The van der Waals surface area contributed by atoms with Gasteiger partial charge < -0.3 is 24.7 Å². The van der Waals surface area contributed by atoms with Crippen LogP contribution < -0.4 is 20.1 Å². The smallest absolute Gasteiger partial charge is 0.254 e. The van der Waals surface area contributed by atoms with E-state index in [2.05, 4.69) is 20.8 Å². The molecule has 0 spiro atoms. The van der Waals surface area contributed by atoms with Crippen LogP contribution in [0, 0.1) is 5.82 Å². The van der Waals surface area contributed by atoms with Crippen molar-refractivity contribution in [1.82, 2.24) is 20.1 Å². The van der Waals surface area contributed by atoms with Crippen molar-refractivity contribution < 1.29 is 23.5 Å². The third kappa shape index (κ3) is 4.83. The molecule has 0 bridgehead atoms. The zero-order valence-electron chi connectivity index (χ0n) is 17.1. The molecule has 166 valence electrons. The van der Waals surface area contributed by atoms with Crippen molar-refractivity contribution in [2.45, 2.75) is 25.2 Å². The highest BCUT2D eigenvalue weighted by Crippen LogP contribution is 2.34. The average molecular weight is 457 g/mol. The Labute approximate surface area is 187 Å². The van der Waals surface area contributed by atoms with Gasteiger partial charge in [-0.2, -0.15) is 0 Å². The van der Waals surface area contributed by atoms with Gasteiger partial charge in [0.1, 0.15) is 5.82 Å². The van der Waals surface area contributed by atoms with E-state index in [1.807, 2.05) is 6.92 Å². The number of fused-ring (bicyclic) bond motifs is 1. The predicted octanol–water partition coefficient (Wildman–Crippen LogP) is 2.83. The lowest BCUT2D eigenvalue weighted by atomic mass is 10.2. The van der Waals surface area contributed by atoms with Crippen molar-refractivity contribution in [1.29, 1.82) is 0 Å². The fourth-order valence-corrected chi connectivity index (χ4v) is 3.90. The van der Waals surface area contributed by atoms with Gasteiger partial charge in [-0.1, -0.05) is 23.9 Å². The number of amides is 2. The number of hydrogen-bond acceptors (Lipinski definition) is 7. The van der Waals surface area contributed by atoms with Crippen molar-refractivity contribution in [3.8, 4) is 11.5 Å². The quantitative estimate of drug-likeness (QED) is 0.501. The Morgan fingerprint density at radius 1 is 1.16 bits per heavy atom. The van der Waals surface area contributed by atoms with Gasteiger partial charge in [0.25, 0.3) is 5.91 Å². The minimum absolute atomic E-state index is 0.0372. The molecule has 0 unspecified atom stereocenters. The standard InChI is InChI=1S/C21H20FN5O4S/c1-2-27-18(10-23-20(29)14-5-3-4-6-15(14)22)25-26-21(27)32-11-19(28)24-13-7-8-16-17(9-13)31-12-30-16/h3-9H,2,10-12H2,1H3,(H,23,29)(H,24,28). The van der Waals surface area contributed by atoms with Crippen LogP contribution in [-0.2, 0) is 17.9 Å². The Balaban J connectivity index is 1.33. The molecule has 0 fully saturated rings. The Kier molecular flexibility index (Phi) is 6.55. The highest BCUT2D eigenvalue weighted by atomic mass is 32.2. The number of nitrogens with zero attached hydrogens (tertiary/aromatic N) is 3. The minimum atomic E-state index is -0.591. The molecule has 11 heteroatoms. The zero-order valence-corrected chi connectivity index (χ0v) is 17.9. The lowest BCUT2D eigenvalue weighted by Gasteiger charge is -2.09. The number of aromatic nitrogens is 3. The van der Waals surface area contributed by atoms with Crippen molar-refractivity contribution in [3.05, 3.63) is 59.7 Å². The van der Waals surface area contributed by atoms with Gasteiger partial charge in [-0.25, -0.2) is 4.39 Å². The lowest BCUT2D eigenvalue weighted by Crippen LogP contribution is -2.25. The summed E-state index contributed by atoms with van der Waals surface area (Å²) in [5.74, 6) is 0.516. The fourth-order valence-electron chi connectivity index (χ4n) is 3.08. The predicted molar refractivity (Wildman–Crippen MR) is 115 cm³/mol. The number of hydrogen-bond donors (Lipinski definition) is 2. The number of ether oxygens (including phenoxy) is 2. The van der Waals surface area contributed by atoms with Gasteiger partial charge in [0, 0.05) is 18.3 Å². The number of thioether (sulfide) groups is 1. The van der Waals surface area contributed by atoms with Gasteiger partial charge in [0.15, 0.2) is 22.5 Å². The van der Waals surface area contributed by atoms with Crippen LogP contribution in [0.15, 0.2) is 47.6 Å². The van der Waals surface area contributed by atoms with E-state index >= 15 is 0 Å². The summed E-state index contributed by atoms with van der Waals surface area (Å²) in [6.07, 6.45) is 0. The molecule has 1 aliphatic heterocycles. The maximum absolute atomic E-state index is 13.8. The highest BCUT2D eigenvalue weighted by Gasteiger charge is 2.17. The summed E-state index contributed by atoms with van der Waals surface area (Å²) < 4.78 is 26.1. The van der Waals surface area contributed by atoms with Gasteiger partial charge in [0.05, 0.1) is 17.9 Å². The molecule has 4 rings (SSSR count). The molecule has 0 radical (unpaired) electrons. The first-order valence-electron chi connectivity index (χ1n) is 9.82. The largest absolute Gasteiger partial charge is 0.454 e. The first-order chi connectivity index (χ1) is 15.5. The normalized spacial score (nSPS) is 11.9.